The molecule has 0 spiro atoms. The Labute approximate surface area is 213 Å². The van der Waals surface area contributed by atoms with E-state index in [0.717, 1.165) is 48.1 Å². The number of aryl methyl sites for hydroxylation is 1. The summed E-state index contributed by atoms with van der Waals surface area (Å²) in [6.45, 7) is 8.98. The molecule has 0 saturated carbocycles. The lowest BCUT2D eigenvalue weighted by molar-refractivity contribution is -0.124. The second-order valence-electron chi connectivity index (χ2n) is 8.93. The van der Waals surface area contributed by atoms with Gasteiger partial charge in [-0.1, -0.05) is 19.6 Å². The van der Waals surface area contributed by atoms with Crippen LogP contribution in [0.1, 0.15) is 37.6 Å². The molecule has 4 aromatic heterocycles. The highest BCUT2D eigenvalue weighted by Gasteiger charge is 2.26. The van der Waals surface area contributed by atoms with Gasteiger partial charge in [0.2, 0.25) is 5.91 Å². The SMILES string of the molecule is C=C/C=C(/C(=O)N1CCCC1)c1nc(-c2[nH]nc3ncc(-c4cncc(NC(=O)CC)c4)cc23)[nH]c1C. The number of imidazole rings is 1. The van der Waals surface area contributed by atoms with Crippen molar-refractivity contribution in [2.75, 3.05) is 18.4 Å². The van der Waals surface area contributed by atoms with Gasteiger partial charge in [-0.3, -0.25) is 19.7 Å². The first-order valence-electron chi connectivity index (χ1n) is 12.3. The first-order valence-corrected chi connectivity index (χ1v) is 12.3. The van der Waals surface area contributed by atoms with E-state index in [1.807, 2.05) is 24.0 Å². The van der Waals surface area contributed by atoms with E-state index in [1.165, 1.54) is 0 Å². The van der Waals surface area contributed by atoms with Crippen molar-refractivity contribution in [2.24, 2.45) is 0 Å². The van der Waals surface area contributed by atoms with Crippen LogP contribution in [0.2, 0.25) is 0 Å². The van der Waals surface area contributed by atoms with Gasteiger partial charge in [0.15, 0.2) is 11.5 Å². The summed E-state index contributed by atoms with van der Waals surface area (Å²) in [5.74, 6) is 0.432. The minimum absolute atomic E-state index is 0.0421. The summed E-state index contributed by atoms with van der Waals surface area (Å²) in [4.78, 5) is 43.7. The Morgan fingerprint density at radius 1 is 1.16 bits per heavy atom. The molecule has 0 bridgehead atoms. The van der Waals surface area contributed by atoms with Crippen LogP contribution in [0.15, 0.2) is 49.5 Å². The second kappa shape index (κ2) is 10.2. The normalized spacial score (nSPS) is 13.8. The minimum Gasteiger partial charge on any atom is -0.340 e. The number of amides is 2. The Kier molecular flexibility index (Phi) is 6.63. The number of allylic oxidation sites excluding steroid dienone is 2. The lowest BCUT2D eigenvalue weighted by atomic mass is 10.1. The third-order valence-electron chi connectivity index (χ3n) is 6.37. The van der Waals surface area contributed by atoms with Crippen molar-refractivity contribution in [1.29, 1.82) is 0 Å². The lowest BCUT2D eigenvalue weighted by Gasteiger charge is -2.16. The van der Waals surface area contributed by atoms with Gasteiger partial charge < -0.3 is 15.2 Å². The van der Waals surface area contributed by atoms with Gasteiger partial charge in [0.25, 0.3) is 5.91 Å². The number of hydrogen-bond acceptors (Lipinski definition) is 6. The number of hydrogen-bond donors (Lipinski definition) is 3. The van der Waals surface area contributed by atoms with Crippen molar-refractivity contribution in [3.05, 3.63) is 60.8 Å². The van der Waals surface area contributed by atoms with Crippen LogP contribution in [0, 0.1) is 6.92 Å². The first kappa shape index (κ1) is 24.1. The highest BCUT2D eigenvalue weighted by molar-refractivity contribution is 6.19. The van der Waals surface area contributed by atoms with Gasteiger partial charge in [-0.15, -0.1) is 0 Å². The number of carbonyl (C=O) groups is 2. The summed E-state index contributed by atoms with van der Waals surface area (Å²) in [6, 6.07) is 3.81. The first-order chi connectivity index (χ1) is 18.0. The molecule has 5 rings (SSSR count). The van der Waals surface area contributed by atoms with Crippen molar-refractivity contribution >= 4 is 34.1 Å². The molecule has 1 saturated heterocycles. The summed E-state index contributed by atoms with van der Waals surface area (Å²) >= 11 is 0. The number of rotatable bonds is 7. The Hall–Kier alpha value is -4.60. The Bertz CT molecular complexity index is 1520. The Morgan fingerprint density at radius 3 is 2.70 bits per heavy atom. The van der Waals surface area contributed by atoms with E-state index in [2.05, 4.69) is 37.0 Å². The minimum atomic E-state index is -0.0817. The van der Waals surface area contributed by atoms with Gasteiger partial charge in [0.05, 0.1) is 28.5 Å². The van der Waals surface area contributed by atoms with Gasteiger partial charge in [-0.2, -0.15) is 5.10 Å². The molecule has 0 radical (unpaired) electrons. The van der Waals surface area contributed by atoms with E-state index in [4.69, 9.17) is 4.98 Å². The molecule has 4 aromatic rings. The van der Waals surface area contributed by atoms with Crippen LogP contribution < -0.4 is 5.32 Å². The van der Waals surface area contributed by atoms with Gasteiger partial charge in [0.1, 0.15) is 5.69 Å². The van der Waals surface area contributed by atoms with E-state index in [1.54, 1.807) is 37.7 Å². The zero-order valence-corrected chi connectivity index (χ0v) is 20.8. The van der Waals surface area contributed by atoms with Gasteiger partial charge in [0, 0.05) is 48.7 Å². The maximum Gasteiger partial charge on any atom is 0.256 e. The highest BCUT2D eigenvalue weighted by Crippen LogP contribution is 2.31. The molecular formula is C27H28N8O2. The topological polar surface area (TPSA) is 133 Å². The van der Waals surface area contributed by atoms with E-state index in [9.17, 15) is 9.59 Å². The van der Waals surface area contributed by atoms with Gasteiger partial charge in [-0.05, 0) is 38.0 Å². The van der Waals surface area contributed by atoms with Crippen molar-refractivity contribution in [1.82, 2.24) is 35.0 Å². The summed E-state index contributed by atoms with van der Waals surface area (Å²) in [7, 11) is 0. The summed E-state index contributed by atoms with van der Waals surface area (Å²) in [5.41, 5.74) is 5.30. The average Bonchev–Trinajstić information content (AvgIpc) is 3.66. The maximum absolute atomic E-state index is 13.2. The van der Waals surface area contributed by atoms with Crippen LogP contribution in [0.25, 0.3) is 39.3 Å². The highest BCUT2D eigenvalue weighted by atomic mass is 16.2. The summed E-state index contributed by atoms with van der Waals surface area (Å²) in [5, 5.41) is 11.0. The second-order valence-corrected chi connectivity index (χ2v) is 8.93. The number of anilines is 1. The summed E-state index contributed by atoms with van der Waals surface area (Å²) in [6.07, 6.45) is 10.8. The van der Waals surface area contributed by atoms with Gasteiger partial charge >= 0.3 is 0 Å². The Balaban J connectivity index is 1.51. The van der Waals surface area contributed by atoms with E-state index >= 15 is 0 Å². The third kappa shape index (κ3) is 4.77. The van der Waals surface area contributed by atoms with Crippen molar-refractivity contribution in [3.8, 4) is 22.6 Å². The molecule has 10 heteroatoms. The molecule has 0 aromatic carbocycles. The molecule has 1 aliphatic heterocycles. The molecule has 0 atom stereocenters. The standard InChI is InChI=1S/C27H28N8O2/c1-4-8-20(27(37)35-9-6-7-10-35)23-16(3)30-26(32-23)24-21-12-18(14-29-25(21)34-33-24)17-11-19(15-28-13-17)31-22(36)5-2/h4,8,11-15H,1,5-7,9-10H2,2-3H3,(H,30,32)(H,31,36)(H,29,33,34)/b20-8+. The van der Waals surface area contributed by atoms with Crippen molar-refractivity contribution in [2.45, 2.75) is 33.1 Å². The molecule has 3 N–H and O–H groups in total. The monoisotopic (exact) mass is 496 g/mol. The van der Waals surface area contributed by atoms with E-state index in [0.29, 0.717) is 40.5 Å². The predicted octanol–water partition coefficient (Wildman–Crippen LogP) is 4.26. The lowest BCUT2D eigenvalue weighted by Crippen LogP contribution is -2.28. The van der Waals surface area contributed by atoms with Crippen LogP contribution >= 0.6 is 0 Å². The smallest absolute Gasteiger partial charge is 0.256 e. The number of nitrogens with zero attached hydrogens (tertiary/aromatic N) is 5. The molecule has 0 unspecified atom stereocenters. The van der Waals surface area contributed by atoms with Gasteiger partial charge in [-0.25, -0.2) is 9.97 Å². The number of pyridine rings is 2. The quantitative estimate of drug-likeness (QED) is 0.259. The number of aromatic nitrogens is 6. The maximum atomic E-state index is 13.2. The largest absolute Gasteiger partial charge is 0.340 e. The van der Waals surface area contributed by atoms with E-state index < -0.39 is 0 Å². The molecule has 2 amide bonds. The van der Waals surface area contributed by atoms with Crippen molar-refractivity contribution < 1.29 is 9.59 Å². The fraction of sp³-hybridized carbons (Fsp3) is 0.259. The predicted molar refractivity (Wildman–Crippen MR) is 142 cm³/mol. The third-order valence-corrected chi connectivity index (χ3v) is 6.37. The molecule has 0 aliphatic carbocycles. The fourth-order valence-electron chi connectivity index (χ4n) is 4.45. The molecule has 5 heterocycles. The Morgan fingerprint density at radius 2 is 1.95 bits per heavy atom. The van der Waals surface area contributed by atoms with Crippen LogP contribution in [0.4, 0.5) is 5.69 Å². The van der Waals surface area contributed by atoms with Crippen molar-refractivity contribution in [3.63, 3.8) is 0 Å². The number of likely N-dealkylation sites (tertiary alicyclic amines) is 1. The number of H-pyrrole nitrogens is 2. The number of fused-ring (bicyclic) bond motifs is 1. The van der Waals surface area contributed by atoms with Crippen LogP contribution in [-0.2, 0) is 9.59 Å². The van der Waals surface area contributed by atoms with Crippen LogP contribution in [0.3, 0.4) is 0 Å². The molecule has 1 aliphatic rings. The van der Waals surface area contributed by atoms with Crippen LogP contribution in [-0.4, -0.2) is 59.9 Å². The zero-order chi connectivity index (χ0) is 25.9. The number of aromatic amines is 2. The zero-order valence-electron chi connectivity index (χ0n) is 20.8. The fourth-order valence-corrected chi connectivity index (χ4v) is 4.45. The molecular weight excluding hydrogens is 468 g/mol. The van der Waals surface area contributed by atoms with E-state index in [-0.39, 0.29) is 11.8 Å². The molecule has 10 nitrogen and oxygen atoms in total. The number of carbonyl (C=O) groups excluding carboxylic acids is 2. The molecule has 1 fully saturated rings. The molecule has 188 valence electrons. The van der Waals surface area contributed by atoms with Crippen LogP contribution in [0.5, 0.6) is 0 Å². The number of nitrogens with one attached hydrogen (secondary N) is 3. The molecule has 37 heavy (non-hydrogen) atoms. The average molecular weight is 497 g/mol. The summed E-state index contributed by atoms with van der Waals surface area (Å²) < 4.78 is 0.